The van der Waals surface area contributed by atoms with Gasteiger partial charge in [0.15, 0.2) is 0 Å². The fourth-order valence-electron chi connectivity index (χ4n) is 4.46. The van der Waals surface area contributed by atoms with Gasteiger partial charge in [0.1, 0.15) is 0 Å². The van der Waals surface area contributed by atoms with Gasteiger partial charge < -0.3 is 0 Å². The minimum absolute atomic E-state index is 0.0327. The van der Waals surface area contributed by atoms with Crippen LogP contribution in [0.15, 0.2) is 72.8 Å². The van der Waals surface area contributed by atoms with Gasteiger partial charge in [-0.1, -0.05) is 0 Å². The maximum atomic E-state index is 13.2. The molecule has 0 saturated carbocycles. The van der Waals surface area contributed by atoms with Crippen molar-refractivity contribution in [2.75, 3.05) is 54.5 Å². The van der Waals surface area contributed by atoms with Crippen molar-refractivity contribution in [1.29, 1.82) is 0 Å². The van der Waals surface area contributed by atoms with Crippen molar-refractivity contribution in [1.82, 2.24) is 4.90 Å². The van der Waals surface area contributed by atoms with Gasteiger partial charge in [-0.2, -0.15) is 0 Å². The third kappa shape index (κ3) is 4.76. The third-order valence-electron chi connectivity index (χ3n) is 6.37. The number of carbonyl (C=O) groups excluding carboxylic acids is 1. The summed E-state index contributed by atoms with van der Waals surface area (Å²) in [6.07, 6.45) is 0. The first-order chi connectivity index (χ1) is 16.1. The van der Waals surface area contributed by atoms with Crippen LogP contribution < -0.4 is 14.3 Å². The molecule has 5 nitrogen and oxygen atoms in total. The molecule has 2 aliphatic rings. The molecule has 0 amide bonds. The van der Waals surface area contributed by atoms with Gasteiger partial charge >= 0.3 is 193 Å². The Morgan fingerprint density at radius 1 is 0.848 bits per heavy atom. The molecule has 0 aromatic heterocycles. The summed E-state index contributed by atoms with van der Waals surface area (Å²) in [6, 6.07) is 21.5. The zero-order chi connectivity index (χ0) is 22.8. The van der Waals surface area contributed by atoms with Crippen LogP contribution >= 0.6 is 0 Å². The molecule has 5 rings (SSSR count). The predicted octanol–water partition coefficient (Wildman–Crippen LogP) is 2.87. The number of rotatable bonds is 6. The first kappa shape index (κ1) is 22.0. The van der Waals surface area contributed by atoms with Crippen LogP contribution in [0.2, 0.25) is 0 Å². The van der Waals surface area contributed by atoms with Gasteiger partial charge in [0.25, 0.3) is 0 Å². The fraction of sp³-hybridized carbons (Fsp3) is 0.269. The second-order valence-corrected chi connectivity index (χ2v) is 11.3. The van der Waals surface area contributed by atoms with E-state index in [9.17, 15) is 13.0 Å². The van der Waals surface area contributed by atoms with Crippen LogP contribution in [0, 0.1) is 5.82 Å². The topological polar surface area (TPSA) is 43.9 Å². The molecule has 2 heterocycles. The Labute approximate surface area is 197 Å². The summed E-state index contributed by atoms with van der Waals surface area (Å²) < 4.78 is 26.9. The Hall–Kier alpha value is -2.86. The molecular formula is C26H26FN3O2Se. The number of anilines is 2. The molecule has 1 unspecified atom stereocenters. The van der Waals surface area contributed by atoms with E-state index in [0.717, 1.165) is 55.1 Å². The molecule has 0 aliphatic carbocycles. The van der Waals surface area contributed by atoms with Crippen LogP contribution in [0.3, 0.4) is 0 Å². The van der Waals surface area contributed by atoms with Gasteiger partial charge in [0.2, 0.25) is 0 Å². The first-order valence-electron chi connectivity index (χ1n) is 11.2. The van der Waals surface area contributed by atoms with Gasteiger partial charge in [0.05, 0.1) is 0 Å². The molecule has 33 heavy (non-hydrogen) atoms. The summed E-state index contributed by atoms with van der Waals surface area (Å²) in [6.45, 7) is 5.42. The van der Waals surface area contributed by atoms with E-state index < -0.39 is 13.8 Å². The number of hydrogen-bond donors (Lipinski definition) is 0. The predicted molar refractivity (Wildman–Crippen MR) is 130 cm³/mol. The number of nitrogens with zero attached hydrogens (tertiary/aromatic N) is 3. The number of hydrogen-bond acceptors (Lipinski definition) is 5. The van der Waals surface area contributed by atoms with Crippen molar-refractivity contribution >= 4 is 35.5 Å². The molecule has 2 aliphatic heterocycles. The summed E-state index contributed by atoms with van der Waals surface area (Å²) >= 11 is -2.18. The maximum absolute atomic E-state index is 13.2. The van der Waals surface area contributed by atoms with Gasteiger partial charge in [0, 0.05) is 0 Å². The van der Waals surface area contributed by atoms with Crippen LogP contribution in [-0.2, 0) is 3.83 Å². The van der Waals surface area contributed by atoms with E-state index in [0.29, 0.717) is 16.6 Å². The zero-order valence-corrected chi connectivity index (χ0v) is 20.0. The molecule has 0 radical (unpaired) electrons. The monoisotopic (exact) mass is 511 g/mol. The summed E-state index contributed by atoms with van der Waals surface area (Å²) in [5.41, 5.74) is 3.88. The number of fused-ring (bicyclic) bond motifs is 1. The van der Waals surface area contributed by atoms with Crippen LogP contribution in [0.5, 0.6) is 0 Å². The van der Waals surface area contributed by atoms with E-state index in [1.54, 1.807) is 0 Å². The second-order valence-electron chi connectivity index (χ2n) is 8.42. The Morgan fingerprint density at radius 2 is 1.58 bits per heavy atom. The van der Waals surface area contributed by atoms with E-state index in [2.05, 4.69) is 14.7 Å². The van der Waals surface area contributed by atoms with Crippen molar-refractivity contribution in [2.45, 2.75) is 0 Å². The summed E-state index contributed by atoms with van der Waals surface area (Å²) in [7, 11) is 0. The van der Waals surface area contributed by atoms with E-state index >= 15 is 0 Å². The van der Waals surface area contributed by atoms with E-state index in [1.807, 2.05) is 60.7 Å². The van der Waals surface area contributed by atoms with Gasteiger partial charge in [-0.05, 0) is 0 Å². The quantitative estimate of drug-likeness (QED) is 0.377. The molecule has 0 N–H and O–H groups in total. The van der Waals surface area contributed by atoms with E-state index in [1.165, 1.54) is 12.1 Å². The Balaban J connectivity index is 1.19. The third-order valence-corrected chi connectivity index (χ3v) is 9.23. The molecule has 3 aromatic carbocycles. The average Bonchev–Trinajstić information content (AvgIpc) is 3.18. The van der Waals surface area contributed by atoms with Crippen LogP contribution in [0.1, 0.15) is 15.9 Å². The number of benzene rings is 3. The molecule has 3 aromatic rings. The molecule has 1 saturated heterocycles. The summed E-state index contributed by atoms with van der Waals surface area (Å²) in [5.74, 6) is -0.241. The SMILES string of the molecule is O=C(c1ccccc1)c1ccc2c(c1)[Se](=O)CN2CCN1CCN(c2ccc(F)cc2)CC1. The molecule has 0 bridgehead atoms. The molecule has 7 heteroatoms. The Kier molecular flexibility index (Phi) is 6.36. The van der Waals surface area contributed by atoms with Crippen molar-refractivity contribution in [3.8, 4) is 0 Å². The van der Waals surface area contributed by atoms with Gasteiger partial charge in [-0.25, -0.2) is 4.39 Å². The second kappa shape index (κ2) is 9.56. The first-order valence-corrected chi connectivity index (χ1v) is 14.0. The molecule has 1 fully saturated rings. The average molecular weight is 510 g/mol. The van der Waals surface area contributed by atoms with Gasteiger partial charge in [-0.3, -0.25) is 0 Å². The number of halogens is 1. The number of carbonyl (C=O) groups is 1. The normalized spacial score (nSPS) is 18.4. The van der Waals surface area contributed by atoms with Crippen molar-refractivity contribution in [3.63, 3.8) is 0 Å². The number of piperazine rings is 1. The van der Waals surface area contributed by atoms with Crippen molar-refractivity contribution < 1.29 is 13.0 Å². The molecule has 0 spiro atoms. The van der Waals surface area contributed by atoms with Gasteiger partial charge in [-0.15, -0.1) is 0 Å². The molecular weight excluding hydrogens is 484 g/mol. The molecule has 1 atom stereocenters. The minimum atomic E-state index is -2.18. The van der Waals surface area contributed by atoms with Crippen LogP contribution in [0.25, 0.3) is 0 Å². The zero-order valence-electron chi connectivity index (χ0n) is 18.3. The van der Waals surface area contributed by atoms with Crippen LogP contribution in [0.4, 0.5) is 15.8 Å². The number of ketones is 1. The Bertz CT molecular complexity index is 1160. The van der Waals surface area contributed by atoms with Crippen molar-refractivity contribution in [2.24, 2.45) is 0 Å². The standard InChI is InChI=1S/C26H26FN3O2Se/c27-22-7-9-23(10-8-22)29-15-12-28(13-16-29)14-17-30-19-33(32)25-18-21(6-11-24(25)30)26(31)20-4-2-1-3-5-20/h1-11,18H,12-17,19H2. The molecule has 170 valence electrons. The van der Waals surface area contributed by atoms with Crippen molar-refractivity contribution in [3.05, 3.63) is 89.7 Å². The van der Waals surface area contributed by atoms with Crippen LogP contribution in [-0.4, -0.2) is 69.2 Å². The fourth-order valence-corrected chi connectivity index (χ4v) is 7.36. The van der Waals surface area contributed by atoms with E-state index in [-0.39, 0.29) is 11.6 Å². The summed E-state index contributed by atoms with van der Waals surface area (Å²) in [5, 5.41) is 0. The Morgan fingerprint density at radius 3 is 2.30 bits per heavy atom. The summed E-state index contributed by atoms with van der Waals surface area (Å²) in [4.78, 5) is 19.7. The van der Waals surface area contributed by atoms with E-state index in [4.69, 9.17) is 0 Å².